The molecule has 0 aromatic heterocycles. The first-order valence-corrected chi connectivity index (χ1v) is 6.84. The maximum absolute atomic E-state index is 11.0. The fourth-order valence-electron chi connectivity index (χ4n) is 3.89. The highest BCUT2D eigenvalue weighted by molar-refractivity contribution is 5.70. The van der Waals surface area contributed by atoms with Crippen LogP contribution >= 0.6 is 0 Å². The zero-order chi connectivity index (χ0) is 12.6. The highest BCUT2D eigenvalue weighted by atomic mass is 16.4. The molecule has 3 nitrogen and oxygen atoms in total. The quantitative estimate of drug-likeness (QED) is 0.805. The van der Waals surface area contributed by atoms with Crippen molar-refractivity contribution < 1.29 is 9.90 Å². The lowest BCUT2D eigenvalue weighted by Gasteiger charge is -2.42. The summed E-state index contributed by atoms with van der Waals surface area (Å²) in [6, 6.07) is 0.609. The first kappa shape index (κ1) is 12.9. The van der Waals surface area contributed by atoms with Gasteiger partial charge >= 0.3 is 5.97 Å². The van der Waals surface area contributed by atoms with Crippen molar-refractivity contribution in [2.45, 2.75) is 52.5 Å². The van der Waals surface area contributed by atoms with Gasteiger partial charge < -0.3 is 5.11 Å². The Morgan fingerprint density at radius 2 is 2.06 bits per heavy atom. The Morgan fingerprint density at radius 3 is 2.59 bits per heavy atom. The van der Waals surface area contributed by atoms with Crippen molar-refractivity contribution in [3.05, 3.63) is 0 Å². The number of likely N-dealkylation sites (tertiary alicyclic amines) is 1. The van der Waals surface area contributed by atoms with Gasteiger partial charge in [-0.25, -0.2) is 0 Å². The number of hydrogen-bond donors (Lipinski definition) is 1. The fourth-order valence-corrected chi connectivity index (χ4v) is 3.89. The lowest BCUT2D eigenvalue weighted by Crippen LogP contribution is -2.42. The molecular formula is C14H25NO2. The van der Waals surface area contributed by atoms with E-state index in [2.05, 4.69) is 25.7 Å². The van der Waals surface area contributed by atoms with E-state index in [1.165, 1.54) is 19.3 Å². The standard InChI is InChI=1S/C14H25NO2/c1-10-6-12(8-14(2,3)7-10)15-5-4-11(9-15)13(16)17/h10-12H,4-9H2,1-3H3,(H,16,17)/t10-,11-,12+/m1/s1. The molecule has 2 fully saturated rings. The van der Waals surface area contributed by atoms with Gasteiger partial charge in [-0.05, 0) is 43.6 Å². The predicted molar refractivity (Wildman–Crippen MR) is 67.9 cm³/mol. The van der Waals surface area contributed by atoms with Crippen LogP contribution in [0, 0.1) is 17.3 Å². The minimum absolute atomic E-state index is 0.129. The number of rotatable bonds is 2. The molecular weight excluding hydrogens is 214 g/mol. The Balaban J connectivity index is 1.97. The van der Waals surface area contributed by atoms with Crippen molar-refractivity contribution in [2.24, 2.45) is 17.3 Å². The molecule has 17 heavy (non-hydrogen) atoms. The molecule has 0 spiro atoms. The molecule has 0 unspecified atom stereocenters. The zero-order valence-electron chi connectivity index (χ0n) is 11.3. The average Bonchev–Trinajstić information content (AvgIpc) is 2.62. The number of carboxylic acid groups (broad SMARTS) is 1. The normalized spacial score (nSPS) is 38.2. The predicted octanol–water partition coefficient (Wildman–Crippen LogP) is 2.61. The van der Waals surface area contributed by atoms with Crippen LogP contribution in [-0.4, -0.2) is 35.1 Å². The third-order valence-electron chi connectivity index (χ3n) is 4.45. The van der Waals surface area contributed by atoms with E-state index in [1.807, 2.05) is 0 Å². The molecule has 0 bridgehead atoms. The Hall–Kier alpha value is -0.570. The molecule has 1 N–H and O–H groups in total. The first-order chi connectivity index (χ1) is 7.87. The van der Waals surface area contributed by atoms with E-state index < -0.39 is 5.97 Å². The van der Waals surface area contributed by atoms with Crippen LogP contribution in [0.25, 0.3) is 0 Å². The number of hydrogen-bond acceptors (Lipinski definition) is 2. The summed E-state index contributed by atoms with van der Waals surface area (Å²) in [6.07, 6.45) is 4.61. The van der Waals surface area contributed by atoms with E-state index in [1.54, 1.807) is 0 Å². The highest BCUT2D eigenvalue weighted by Gasteiger charge is 2.38. The van der Waals surface area contributed by atoms with Crippen LogP contribution in [0.4, 0.5) is 0 Å². The summed E-state index contributed by atoms with van der Waals surface area (Å²) in [5.41, 5.74) is 0.420. The smallest absolute Gasteiger partial charge is 0.307 e. The van der Waals surface area contributed by atoms with Crippen molar-refractivity contribution in [2.75, 3.05) is 13.1 Å². The maximum atomic E-state index is 11.0. The van der Waals surface area contributed by atoms with Crippen molar-refractivity contribution >= 4 is 5.97 Å². The van der Waals surface area contributed by atoms with Crippen molar-refractivity contribution in [3.8, 4) is 0 Å². The average molecular weight is 239 g/mol. The van der Waals surface area contributed by atoms with Gasteiger partial charge in [0.25, 0.3) is 0 Å². The second kappa shape index (κ2) is 4.60. The summed E-state index contributed by atoms with van der Waals surface area (Å²) >= 11 is 0. The zero-order valence-corrected chi connectivity index (χ0v) is 11.3. The maximum Gasteiger partial charge on any atom is 0.307 e. The number of aliphatic carboxylic acids is 1. The van der Waals surface area contributed by atoms with Gasteiger partial charge in [0.15, 0.2) is 0 Å². The number of carboxylic acids is 1. The highest BCUT2D eigenvalue weighted by Crippen LogP contribution is 2.41. The Labute approximate surface area is 104 Å². The molecule has 2 rings (SSSR count). The molecule has 1 saturated heterocycles. The van der Waals surface area contributed by atoms with Crippen LogP contribution < -0.4 is 0 Å². The molecule has 0 radical (unpaired) electrons. The van der Waals surface area contributed by atoms with Crippen molar-refractivity contribution in [3.63, 3.8) is 0 Å². The number of carbonyl (C=O) groups is 1. The van der Waals surface area contributed by atoms with Crippen LogP contribution in [0.5, 0.6) is 0 Å². The van der Waals surface area contributed by atoms with E-state index in [4.69, 9.17) is 5.11 Å². The van der Waals surface area contributed by atoms with Crippen LogP contribution in [0.1, 0.15) is 46.5 Å². The van der Waals surface area contributed by atoms with Gasteiger partial charge in [0.1, 0.15) is 0 Å². The van der Waals surface area contributed by atoms with Crippen LogP contribution in [0.2, 0.25) is 0 Å². The Kier molecular flexibility index (Phi) is 3.48. The first-order valence-electron chi connectivity index (χ1n) is 6.84. The van der Waals surface area contributed by atoms with Crippen molar-refractivity contribution in [1.82, 2.24) is 4.90 Å². The molecule has 2 aliphatic rings. The minimum atomic E-state index is -0.615. The largest absolute Gasteiger partial charge is 0.481 e. The summed E-state index contributed by atoms with van der Waals surface area (Å²) in [4.78, 5) is 13.4. The SMILES string of the molecule is C[C@@H]1C[C@H](N2CC[C@@H](C(=O)O)C2)CC(C)(C)C1. The topological polar surface area (TPSA) is 40.5 Å². The second-order valence-corrected chi connectivity index (χ2v) is 6.89. The molecule has 1 aliphatic heterocycles. The molecule has 3 heteroatoms. The van der Waals surface area contributed by atoms with Gasteiger partial charge in [-0.15, -0.1) is 0 Å². The van der Waals surface area contributed by atoms with Gasteiger partial charge in [0.2, 0.25) is 0 Å². The van der Waals surface area contributed by atoms with E-state index in [0.717, 1.165) is 25.4 Å². The van der Waals surface area contributed by atoms with Gasteiger partial charge in [0, 0.05) is 12.6 Å². The molecule has 0 aromatic carbocycles. The van der Waals surface area contributed by atoms with E-state index >= 15 is 0 Å². The molecule has 98 valence electrons. The summed E-state index contributed by atoms with van der Waals surface area (Å²) in [6.45, 7) is 8.77. The summed E-state index contributed by atoms with van der Waals surface area (Å²) in [5.74, 6) is 0.0265. The number of nitrogens with zero attached hydrogens (tertiary/aromatic N) is 1. The lowest BCUT2D eigenvalue weighted by molar-refractivity contribution is -0.141. The molecule has 3 atom stereocenters. The van der Waals surface area contributed by atoms with Gasteiger partial charge in [-0.2, -0.15) is 0 Å². The third-order valence-corrected chi connectivity index (χ3v) is 4.45. The van der Waals surface area contributed by atoms with Crippen LogP contribution in [0.3, 0.4) is 0 Å². The summed E-state index contributed by atoms with van der Waals surface area (Å²) in [7, 11) is 0. The van der Waals surface area contributed by atoms with E-state index in [0.29, 0.717) is 11.5 Å². The second-order valence-electron chi connectivity index (χ2n) is 6.89. The monoisotopic (exact) mass is 239 g/mol. The third kappa shape index (κ3) is 3.01. The van der Waals surface area contributed by atoms with Gasteiger partial charge in [-0.1, -0.05) is 20.8 Å². The van der Waals surface area contributed by atoms with Gasteiger partial charge in [-0.3, -0.25) is 9.69 Å². The fraction of sp³-hybridized carbons (Fsp3) is 0.929. The summed E-state index contributed by atoms with van der Waals surface area (Å²) < 4.78 is 0. The molecule has 1 aliphatic carbocycles. The lowest BCUT2D eigenvalue weighted by atomic mass is 9.70. The summed E-state index contributed by atoms with van der Waals surface area (Å²) in [5, 5.41) is 9.06. The molecule has 1 heterocycles. The molecule has 0 amide bonds. The molecule has 1 saturated carbocycles. The van der Waals surface area contributed by atoms with E-state index in [-0.39, 0.29) is 5.92 Å². The Morgan fingerprint density at radius 1 is 1.35 bits per heavy atom. The van der Waals surface area contributed by atoms with Gasteiger partial charge in [0.05, 0.1) is 5.92 Å². The minimum Gasteiger partial charge on any atom is -0.481 e. The molecule has 0 aromatic rings. The van der Waals surface area contributed by atoms with E-state index in [9.17, 15) is 4.79 Å². The van der Waals surface area contributed by atoms with Crippen LogP contribution in [-0.2, 0) is 4.79 Å². The Bertz CT molecular complexity index is 301. The van der Waals surface area contributed by atoms with Crippen molar-refractivity contribution in [1.29, 1.82) is 0 Å². The van der Waals surface area contributed by atoms with Crippen LogP contribution in [0.15, 0.2) is 0 Å².